The van der Waals surface area contributed by atoms with E-state index in [1.807, 2.05) is 54.6 Å². The fourth-order valence-corrected chi connectivity index (χ4v) is 2.21. The zero-order valence-electron chi connectivity index (χ0n) is 12.3. The molecule has 0 bridgehead atoms. The smallest absolute Gasteiger partial charge is 0.253 e. The van der Waals surface area contributed by atoms with E-state index >= 15 is 0 Å². The zero-order chi connectivity index (χ0) is 16.7. The molecule has 2 aromatic rings. The van der Waals surface area contributed by atoms with Gasteiger partial charge in [0.25, 0.3) is 5.91 Å². The Morgan fingerprint density at radius 2 is 1.61 bits per heavy atom. The number of rotatable bonds is 6. The minimum atomic E-state index is -1.19. The van der Waals surface area contributed by atoms with Crippen LogP contribution >= 0.6 is 23.2 Å². The molecular weight excluding hydrogens is 335 g/mol. The van der Waals surface area contributed by atoms with Gasteiger partial charge in [-0.2, -0.15) is 0 Å². The molecule has 0 heterocycles. The maximum atomic E-state index is 11.9. The monoisotopic (exact) mass is 350 g/mol. The largest absolute Gasteiger partial charge is 0.345 e. The molecule has 2 N–H and O–H groups in total. The number of amides is 2. The van der Waals surface area contributed by atoms with Crippen LogP contribution in [0.5, 0.6) is 0 Å². The highest BCUT2D eigenvalue weighted by Crippen LogP contribution is 2.19. The van der Waals surface area contributed by atoms with Crippen LogP contribution in [-0.2, 0) is 16.0 Å². The summed E-state index contributed by atoms with van der Waals surface area (Å²) in [4.78, 5) is 22.0. The molecule has 6 heteroatoms. The van der Waals surface area contributed by atoms with E-state index in [2.05, 4.69) is 10.6 Å². The summed E-state index contributed by atoms with van der Waals surface area (Å²) in [6, 6.07) is 17.5. The minimum absolute atomic E-state index is 0.186. The third-order valence-corrected chi connectivity index (χ3v) is 3.55. The molecule has 0 aliphatic rings. The lowest BCUT2D eigenvalue weighted by atomic mass is 10.0. The lowest BCUT2D eigenvalue weighted by molar-refractivity contribution is -0.122. The van der Waals surface area contributed by atoms with E-state index in [9.17, 15) is 9.59 Å². The van der Waals surface area contributed by atoms with Crippen molar-refractivity contribution in [3.05, 3.63) is 65.7 Å². The van der Waals surface area contributed by atoms with E-state index in [0.29, 0.717) is 12.1 Å². The maximum absolute atomic E-state index is 11.9. The number of halogens is 2. The van der Waals surface area contributed by atoms with E-state index in [-0.39, 0.29) is 12.5 Å². The summed E-state index contributed by atoms with van der Waals surface area (Å²) < 4.78 is 0. The van der Waals surface area contributed by atoms with E-state index in [0.717, 1.165) is 11.1 Å². The average Bonchev–Trinajstić information content (AvgIpc) is 2.55. The molecule has 0 aliphatic carbocycles. The Balaban J connectivity index is 2.00. The molecule has 0 atom stereocenters. The number of anilines is 1. The third-order valence-electron chi connectivity index (χ3n) is 3.15. The van der Waals surface area contributed by atoms with Crippen molar-refractivity contribution in [2.45, 2.75) is 11.3 Å². The van der Waals surface area contributed by atoms with E-state index in [1.165, 1.54) is 0 Å². The molecule has 0 aliphatic heterocycles. The molecule has 2 aromatic carbocycles. The van der Waals surface area contributed by atoms with Crippen molar-refractivity contribution in [3.63, 3.8) is 0 Å². The normalized spacial score (nSPS) is 10.4. The van der Waals surface area contributed by atoms with Crippen molar-refractivity contribution in [2.24, 2.45) is 0 Å². The molecule has 0 spiro atoms. The number of carbonyl (C=O) groups excluding carboxylic acids is 2. The van der Waals surface area contributed by atoms with Gasteiger partial charge in [0.05, 0.1) is 6.54 Å². The van der Waals surface area contributed by atoms with Crippen LogP contribution < -0.4 is 10.6 Å². The molecule has 0 fully saturated rings. The maximum Gasteiger partial charge on any atom is 0.253 e. The van der Waals surface area contributed by atoms with Gasteiger partial charge in [0.1, 0.15) is 0 Å². The summed E-state index contributed by atoms with van der Waals surface area (Å²) >= 11 is 10.8. The standard InChI is InChI=1S/C17H16Cl2N2O2/c18-16(19)17(23)20-11-15(22)21-14-9-5-4-8-13(14)10-12-6-2-1-3-7-12/h1-9,16H,10-11H2,(H,20,23)(H,21,22). The van der Waals surface area contributed by atoms with Gasteiger partial charge in [0.2, 0.25) is 5.91 Å². The number of nitrogens with one attached hydrogen (secondary N) is 2. The van der Waals surface area contributed by atoms with Crippen LogP contribution in [0, 0.1) is 0 Å². The van der Waals surface area contributed by atoms with Crippen LogP contribution in [0.3, 0.4) is 0 Å². The Bertz CT molecular complexity index is 675. The van der Waals surface area contributed by atoms with Gasteiger partial charge in [-0.25, -0.2) is 0 Å². The first-order chi connectivity index (χ1) is 11.1. The second kappa shape index (κ2) is 8.56. The van der Waals surface area contributed by atoms with Crippen molar-refractivity contribution in [3.8, 4) is 0 Å². The van der Waals surface area contributed by atoms with Crippen LogP contribution in [0.25, 0.3) is 0 Å². The van der Waals surface area contributed by atoms with Crippen LogP contribution in [0.4, 0.5) is 5.69 Å². The molecular formula is C17H16Cl2N2O2. The Hall–Kier alpha value is -2.04. The predicted octanol–water partition coefficient (Wildman–Crippen LogP) is 3.14. The van der Waals surface area contributed by atoms with Crippen molar-refractivity contribution >= 4 is 40.7 Å². The van der Waals surface area contributed by atoms with Gasteiger partial charge in [-0.1, -0.05) is 71.7 Å². The number of alkyl halides is 2. The molecule has 23 heavy (non-hydrogen) atoms. The van der Waals surface area contributed by atoms with E-state index < -0.39 is 10.7 Å². The van der Waals surface area contributed by atoms with Gasteiger partial charge in [-0.15, -0.1) is 0 Å². The minimum Gasteiger partial charge on any atom is -0.345 e. The van der Waals surface area contributed by atoms with Gasteiger partial charge < -0.3 is 10.6 Å². The molecule has 120 valence electrons. The summed E-state index contributed by atoms with van der Waals surface area (Å²) in [6.45, 7) is -0.186. The highest BCUT2D eigenvalue weighted by atomic mass is 35.5. The van der Waals surface area contributed by atoms with Gasteiger partial charge in [-0.05, 0) is 23.6 Å². The first-order valence-electron chi connectivity index (χ1n) is 7.04. The van der Waals surface area contributed by atoms with Crippen LogP contribution in [0.1, 0.15) is 11.1 Å². The zero-order valence-corrected chi connectivity index (χ0v) is 13.8. The van der Waals surface area contributed by atoms with E-state index in [4.69, 9.17) is 23.2 Å². The van der Waals surface area contributed by atoms with Crippen molar-refractivity contribution < 1.29 is 9.59 Å². The number of hydrogen-bond donors (Lipinski definition) is 2. The van der Waals surface area contributed by atoms with Gasteiger partial charge in [0, 0.05) is 5.69 Å². The highest BCUT2D eigenvalue weighted by Gasteiger charge is 2.13. The number of carbonyl (C=O) groups is 2. The first kappa shape index (κ1) is 17.3. The summed E-state index contributed by atoms with van der Waals surface area (Å²) in [5.41, 5.74) is 2.85. The molecule has 0 saturated heterocycles. The Morgan fingerprint density at radius 3 is 2.30 bits per heavy atom. The van der Waals surface area contributed by atoms with Crippen LogP contribution in [0.15, 0.2) is 54.6 Å². The number of para-hydroxylation sites is 1. The fourth-order valence-electron chi connectivity index (χ4n) is 2.05. The highest BCUT2D eigenvalue weighted by molar-refractivity contribution is 6.53. The van der Waals surface area contributed by atoms with Crippen molar-refractivity contribution in [1.29, 1.82) is 0 Å². The predicted molar refractivity (Wildman–Crippen MR) is 92.8 cm³/mol. The summed E-state index contributed by atoms with van der Waals surface area (Å²) in [7, 11) is 0. The van der Waals surface area contributed by atoms with Crippen LogP contribution in [-0.4, -0.2) is 23.2 Å². The fraction of sp³-hybridized carbons (Fsp3) is 0.176. The van der Waals surface area contributed by atoms with Crippen molar-refractivity contribution in [1.82, 2.24) is 5.32 Å². The lowest BCUT2D eigenvalue weighted by Crippen LogP contribution is -2.35. The second-order valence-corrected chi connectivity index (χ2v) is 5.98. The molecule has 0 aromatic heterocycles. The van der Waals surface area contributed by atoms with Gasteiger partial charge in [0.15, 0.2) is 4.84 Å². The Morgan fingerprint density at radius 1 is 0.957 bits per heavy atom. The van der Waals surface area contributed by atoms with Gasteiger partial charge in [-0.3, -0.25) is 9.59 Å². The number of hydrogen-bond acceptors (Lipinski definition) is 2. The molecule has 4 nitrogen and oxygen atoms in total. The second-order valence-electron chi connectivity index (χ2n) is 4.89. The Kier molecular flexibility index (Phi) is 6.44. The molecule has 2 rings (SSSR count). The molecule has 0 saturated carbocycles. The Labute approximate surface area is 144 Å². The summed E-state index contributed by atoms with van der Waals surface area (Å²) in [6.07, 6.45) is 0.703. The SMILES string of the molecule is O=C(CNC(=O)C(Cl)Cl)Nc1ccccc1Cc1ccccc1. The third kappa shape index (κ3) is 5.58. The summed E-state index contributed by atoms with van der Waals surface area (Å²) in [5, 5.41) is 5.14. The molecule has 0 radical (unpaired) electrons. The first-order valence-corrected chi connectivity index (χ1v) is 7.91. The molecule has 0 unspecified atom stereocenters. The average molecular weight is 351 g/mol. The van der Waals surface area contributed by atoms with Gasteiger partial charge >= 0.3 is 0 Å². The molecule has 2 amide bonds. The number of benzene rings is 2. The quantitative estimate of drug-likeness (QED) is 0.786. The van der Waals surface area contributed by atoms with Crippen LogP contribution in [0.2, 0.25) is 0 Å². The van der Waals surface area contributed by atoms with E-state index in [1.54, 1.807) is 0 Å². The lowest BCUT2D eigenvalue weighted by Gasteiger charge is -2.12. The topological polar surface area (TPSA) is 58.2 Å². The summed E-state index contributed by atoms with van der Waals surface area (Å²) in [5.74, 6) is -0.936. The van der Waals surface area contributed by atoms with Crippen molar-refractivity contribution in [2.75, 3.05) is 11.9 Å².